The molecule has 0 spiro atoms. The number of hydrogen-bond donors (Lipinski definition) is 0. The minimum atomic E-state index is -0.146. The number of anilines is 5. The summed E-state index contributed by atoms with van der Waals surface area (Å²) in [6.45, 7) is 26.5. The molecule has 4 aliphatic rings. The second kappa shape index (κ2) is 13.8. The van der Waals surface area contributed by atoms with Gasteiger partial charge in [-0.15, -0.1) is 11.3 Å². The molecule has 70 heavy (non-hydrogen) atoms. The van der Waals surface area contributed by atoms with Gasteiger partial charge in [-0.2, -0.15) is 0 Å². The molecule has 1 saturated carbocycles. The van der Waals surface area contributed by atoms with Crippen LogP contribution >= 0.6 is 11.3 Å². The third kappa shape index (κ3) is 5.49. The van der Waals surface area contributed by atoms with Gasteiger partial charge in [0, 0.05) is 54.7 Å². The maximum Gasteiger partial charge on any atom is 0.252 e. The van der Waals surface area contributed by atoms with E-state index in [1.165, 1.54) is 118 Å². The predicted molar refractivity (Wildman–Crippen MR) is 302 cm³/mol. The van der Waals surface area contributed by atoms with E-state index >= 15 is 0 Å². The highest BCUT2D eigenvalue weighted by atomic mass is 32.1. The topological polar surface area (TPSA) is 24.6 Å². The van der Waals surface area contributed by atoms with Crippen molar-refractivity contribution in [3.05, 3.63) is 150 Å². The lowest BCUT2D eigenvalue weighted by Crippen LogP contribution is -2.61. The lowest BCUT2D eigenvalue weighted by Gasteiger charge is -2.51. The summed E-state index contributed by atoms with van der Waals surface area (Å²) in [5, 5.41) is 4.98. The molecule has 10 aromatic rings. The number of benzene rings is 7. The van der Waals surface area contributed by atoms with E-state index in [9.17, 15) is 0 Å². The van der Waals surface area contributed by atoms with Gasteiger partial charge >= 0.3 is 0 Å². The lowest BCUT2D eigenvalue weighted by atomic mass is 9.33. The summed E-state index contributed by atoms with van der Waals surface area (Å²) in [5.74, 6) is 0. The van der Waals surface area contributed by atoms with Gasteiger partial charge in [0.15, 0.2) is 0 Å². The number of aromatic nitrogens is 1. The summed E-state index contributed by atoms with van der Waals surface area (Å²) >= 11 is 1.96. The van der Waals surface area contributed by atoms with Crippen LogP contribution in [-0.4, -0.2) is 16.8 Å². The fraction of sp³-hybridized carbons (Fsp3) is 0.312. The van der Waals surface area contributed by atoms with E-state index in [0.717, 1.165) is 34.0 Å². The molecule has 6 heterocycles. The molecule has 0 N–H and O–H groups in total. The first kappa shape index (κ1) is 42.6. The monoisotopic (exact) mass is 931 g/mol. The summed E-state index contributed by atoms with van der Waals surface area (Å²) in [7, 11) is 0. The van der Waals surface area contributed by atoms with Crippen LogP contribution in [0.4, 0.5) is 28.4 Å². The number of thiophene rings is 1. The van der Waals surface area contributed by atoms with Crippen LogP contribution in [0, 0.1) is 0 Å². The van der Waals surface area contributed by atoms with E-state index in [1.54, 1.807) is 0 Å². The number of rotatable bonds is 2. The highest BCUT2D eigenvalue weighted by Crippen LogP contribution is 2.62. The Hall–Kier alpha value is -6.24. The molecular formula is C64H62BN3OS. The van der Waals surface area contributed by atoms with E-state index < -0.39 is 0 Å². The molecule has 3 aromatic heterocycles. The normalized spacial score (nSPS) is 19.7. The zero-order valence-electron chi connectivity index (χ0n) is 42.7. The SMILES string of the molecule is CC(C)(C)c1ccc2c(c1)N(c1cccc3oc4ccccc4c13)c1cc(N3c4ccc(C(C)(C)C)cc4C4(C)CCCCC34C)cc3c1B2c1cc(C(C)(C)C)cc2c4sc5ccccc5c4n-3c12. The molecule has 0 amide bonds. The summed E-state index contributed by atoms with van der Waals surface area (Å²) in [4.78, 5) is 5.49. The van der Waals surface area contributed by atoms with Crippen molar-refractivity contribution >= 4 is 116 Å². The van der Waals surface area contributed by atoms with Crippen molar-refractivity contribution in [3.63, 3.8) is 0 Å². The molecule has 7 aromatic carbocycles. The van der Waals surface area contributed by atoms with Crippen LogP contribution in [0.5, 0.6) is 0 Å². The van der Waals surface area contributed by atoms with Crippen LogP contribution in [0.25, 0.3) is 58.8 Å². The Bertz CT molecular complexity index is 3920. The Balaban J connectivity index is 1.18. The average molecular weight is 932 g/mol. The molecule has 2 unspecified atom stereocenters. The first-order valence-electron chi connectivity index (χ1n) is 25.8. The molecule has 14 rings (SSSR count). The summed E-state index contributed by atoms with van der Waals surface area (Å²) in [6, 6.07) is 49.8. The van der Waals surface area contributed by atoms with Gasteiger partial charge in [0.1, 0.15) is 11.2 Å². The Morgan fingerprint density at radius 3 is 2.01 bits per heavy atom. The molecule has 348 valence electrons. The minimum Gasteiger partial charge on any atom is -0.456 e. The van der Waals surface area contributed by atoms with Gasteiger partial charge in [-0.05, 0) is 129 Å². The molecule has 0 radical (unpaired) electrons. The molecule has 1 aliphatic carbocycles. The van der Waals surface area contributed by atoms with Crippen molar-refractivity contribution in [3.8, 4) is 5.69 Å². The molecule has 0 saturated heterocycles. The maximum absolute atomic E-state index is 6.74. The first-order valence-corrected chi connectivity index (χ1v) is 26.7. The van der Waals surface area contributed by atoms with Crippen LogP contribution in [0.15, 0.2) is 132 Å². The van der Waals surface area contributed by atoms with Crippen LogP contribution in [0.2, 0.25) is 0 Å². The third-order valence-corrected chi connectivity index (χ3v) is 19.0. The lowest BCUT2D eigenvalue weighted by molar-refractivity contribution is 0.195. The van der Waals surface area contributed by atoms with Crippen molar-refractivity contribution < 1.29 is 4.42 Å². The Morgan fingerprint density at radius 1 is 0.543 bits per heavy atom. The molecule has 2 atom stereocenters. The third-order valence-electron chi connectivity index (χ3n) is 17.8. The smallest absolute Gasteiger partial charge is 0.252 e. The number of fused-ring (bicyclic) bond motifs is 15. The Morgan fingerprint density at radius 2 is 1.23 bits per heavy atom. The highest BCUT2D eigenvalue weighted by Gasteiger charge is 2.58. The quantitative estimate of drug-likeness (QED) is 0.161. The average Bonchev–Trinajstić information content (AvgIpc) is 4.04. The van der Waals surface area contributed by atoms with Gasteiger partial charge in [0.2, 0.25) is 0 Å². The van der Waals surface area contributed by atoms with E-state index in [1.807, 2.05) is 11.3 Å². The van der Waals surface area contributed by atoms with Gasteiger partial charge in [-0.3, -0.25) is 0 Å². The zero-order valence-corrected chi connectivity index (χ0v) is 43.5. The predicted octanol–water partition coefficient (Wildman–Crippen LogP) is 16.1. The van der Waals surface area contributed by atoms with Crippen molar-refractivity contribution in [1.82, 2.24) is 4.57 Å². The van der Waals surface area contributed by atoms with Crippen molar-refractivity contribution in [2.24, 2.45) is 0 Å². The number of nitrogens with zero attached hydrogens (tertiary/aromatic N) is 3. The molecule has 3 aliphatic heterocycles. The van der Waals surface area contributed by atoms with Crippen LogP contribution < -0.4 is 26.2 Å². The standard InChI is InChI=1S/C64H62BN3OS/c1-60(2,3)37-26-28-47-44(32-37)63(10)29-16-17-30-64(63,11)68(47)40-35-50-56-51(36-40)67-57-43(59-58(67)42-20-13-15-24-54(42)70-59)31-39(62(7,8)9)33-46(57)65(56)45-27-25-38(61(4,5)6)34-49(45)66(50)48-21-18-23-53-55(48)41-19-12-14-22-52(41)69-53/h12-15,18-28,31-36H,16-17,29-30H2,1-11H3. The number of para-hydroxylation sites is 1. The van der Waals surface area contributed by atoms with Crippen LogP contribution in [0.3, 0.4) is 0 Å². The largest absolute Gasteiger partial charge is 0.456 e. The van der Waals surface area contributed by atoms with Crippen molar-refractivity contribution in [2.45, 2.75) is 129 Å². The van der Waals surface area contributed by atoms with Gasteiger partial charge < -0.3 is 18.8 Å². The van der Waals surface area contributed by atoms with E-state index in [4.69, 9.17) is 4.42 Å². The van der Waals surface area contributed by atoms with E-state index in [0.29, 0.717) is 0 Å². The second-order valence-electron chi connectivity index (χ2n) is 24.9. The zero-order chi connectivity index (χ0) is 48.2. The summed E-state index contributed by atoms with van der Waals surface area (Å²) in [6.07, 6.45) is 4.77. The number of hydrogen-bond acceptors (Lipinski definition) is 4. The fourth-order valence-corrected chi connectivity index (χ4v) is 15.0. The molecule has 0 bridgehead atoms. The first-order chi connectivity index (χ1) is 33.3. The van der Waals surface area contributed by atoms with Gasteiger partial charge in [-0.25, -0.2) is 0 Å². The Labute approximate surface area is 417 Å². The minimum absolute atomic E-state index is 0.00271. The Kier molecular flexibility index (Phi) is 8.40. The maximum atomic E-state index is 6.74. The van der Waals surface area contributed by atoms with E-state index in [-0.39, 0.29) is 33.9 Å². The number of furan rings is 1. The van der Waals surface area contributed by atoms with Crippen LogP contribution in [0.1, 0.15) is 124 Å². The van der Waals surface area contributed by atoms with Gasteiger partial charge in [0.05, 0.1) is 32.3 Å². The van der Waals surface area contributed by atoms with Crippen molar-refractivity contribution in [1.29, 1.82) is 0 Å². The van der Waals surface area contributed by atoms with Crippen molar-refractivity contribution in [2.75, 3.05) is 9.80 Å². The fourth-order valence-electron chi connectivity index (χ4n) is 13.8. The van der Waals surface area contributed by atoms with E-state index in [2.05, 4.69) is 218 Å². The molecule has 6 heteroatoms. The molecule has 4 nitrogen and oxygen atoms in total. The second-order valence-corrected chi connectivity index (χ2v) is 25.9. The molecule has 1 fully saturated rings. The highest BCUT2D eigenvalue weighted by molar-refractivity contribution is 7.26. The van der Waals surface area contributed by atoms with Gasteiger partial charge in [0.25, 0.3) is 6.71 Å². The van der Waals surface area contributed by atoms with Crippen LogP contribution in [-0.2, 0) is 21.7 Å². The summed E-state index contributed by atoms with van der Waals surface area (Å²) in [5.41, 5.74) is 21.6. The molecular weight excluding hydrogens is 870 g/mol. The summed E-state index contributed by atoms with van der Waals surface area (Å²) < 4.78 is 12.2. The van der Waals surface area contributed by atoms with Gasteiger partial charge in [-0.1, -0.05) is 155 Å².